The van der Waals surface area contributed by atoms with Crippen molar-refractivity contribution < 1.29 is 9.90 Å². The molecule has 0 aliphatic carbocycles. The van der Waals surface area contributed by atoms with Crippen molar-refractivity contribution in [2.45, 2.75) is 13.0 Å². The van der Waals surface area contributed by atoms with Crippen LogP contribution in [0, 0.1) is 6.92 Å². The molecule has 20 heavy (non-hydrogen) atoms. The van der Waals surface area contributed by atoms with Crippen LogP contribution in [-0.4, -0.2) is 16.3 Å². The van der Waals surface area contributed by atoms with E-state index in [0.717, 1.165) is 5.56 Å². The zero-order chi connectivity index (χ0) is 14.5. The highest BCUT2D eigenvalue weighted by Crippen LogP contribution is 2.23. The van der Waals surface area contributed by atoms with Gasteiger partial charge in [0.05, 0.1) is 11.6 Å². The molecule has 0 heterocycles. The molecule has 104 valence electrons. The first-order chi connectivity index (χ1) is 9.63. The molecule has 1 atom stereocenters. The Morgan fingerprint density at radius 1 is 1.20 bits per heavy atom. The molecule has 0 fully saturated rings. The van der Waals surface area contributed by atoms with E-state index in [1.807, 2.05) is 30.3 Å². The summed E-state index contributed by atoms with van der Waals surface area (Å²) in [6.07, 6.45) is 0. The Kier molecular flexibility index (Phi) is 4.79. The van der Waals surface area contributed by atoms with Crippen molar-refractivity contribution in [3.8, 4) is 5.75 Å². The number of nitrogens with one attached hydrogen (secondary N) is 1. The number of aromatic hydroxyl groups is 1. The number of alkyl halides is 1. The monoisotopic (exact) mass is 333 g/mol. The van der Waals surface area contributed by atoms with E-state index in [1.54, 1.807) is 25.1 Å². The van der Waals surface area contributed by atoms with Gasteiger partial charge in [0.2, 0.25) is 0 Å². The third-order valence-electron chi connectivity index (χ3n) is 3.14. The van der Waals surface area contributed by atoms with Crippen molar-refractivity contribution in [3.63, 3.8) is 0 Å². The Balaban J connectivity index is 2.20. The van der Waals surface area contributed by atoms with Gasteiger partial charge in [0.1, 0.15) is 5.75 Å². The average molecular weight is 334 g/mol. The third-order valence-corrected chi connectivity index (χ3v) is 3.79. The standard InChI is InChI=1S/C16H16BrNO2/c1-11-6-5-9-13(15(11)19)16(20)18-14(10-17)12-7-3-2-4-8-12/h2-9,14,19H,10H2,1H3,(H,18,20). The fourth-order valence-corrected chi connectivity index (χ4v) is 2.51. The van der Waals surface area contributed by atoms with Gasteiger partial charge < -0.3 is 10.4 Å². The highest BCUT2D eigenvalue weighted by Gasteiger charge is 2.17. The van der Waals surface area contributed by atoms with Crippen molar-refractivity contribution in [3.05, 3.63) is 65.2 Å². The smallest absolute Gasteiger partial charge is 0.255 e. The van der Waals surface area contributed by atoms with Crippen LogP contribution < -0.4 is 5.32 Å². The number of carbonyl (C=O) groups excluding carboxylic acids is 1. The summed E-state index contributed by atoms with van der Waals surface area (Å²) in [7, 11) is 0. The molecule has 0 aromatic heterocycles. The fraction of sp³-hybridized carbons (Fsp3) is 0.188. The molecular weight excluding hydrogens is 318 g/mol. The lowest BCUT2D eigenvalue weighted by molar-refractivity contribution is 0.0938. The molecule has 1 unspecified atom stereocenters. The summed E-state index contributed by atoms with van der Waals surface area (Å²) < 4.78 is 0. The summed E-state index contributed by atoms with van der Waals surface area (Å²) in [5.41, 5.74) is 2.00. The Morgan fingerprint density at radius 2 is 1.90 bits per heavy atom. The van der Waals surface area contributed by atoms with Crippen molar-refractivity contribution in [1.29, 1.82) is 0 Å². The van der Waals surface area contributed by atoms with Crippen LogP contribution >= 0.6 is 15.9 Å². The Labute approximate surface area is 126 Å². The van der Waals surface area contributed by atoms with Crippen LogP contribution in [0.3, 0.4) is 0 Å². The van der Waals surface area contributed by atoms with Crippen LogP contribution in [-0.2, 0) is 0 Å². The van der Waals surface area contributed by atoms with E-state index in [0.29, 0.717) is 16.5 Å². The third kappa shape index (κ3) is 3.20. The maximum atomic E-state index is 12.3. The van der Waals surface area contributed by atoms with Crippen LogP contribution in [0.2, 0.25) is 0 Å². The van der Waals surface area contributed by atoms with E-state index in [9.17, 15) is 9.90 Å². The van der Waals surface area contributed by atoms with Crippen LogP contribution in [0.15, 0.2) is 48.5 Å². The number of rotatable bonds is 4. The number of phenols is 1. The van der Waals surface area contributed by atoms with E-state index in [1.165, 1.54) is 0 Å². The maximum Gasteiger partial charge on any atom is 0.255 e. The lowest BCUT2D eigenvalue weighted by atomic mass is 10.1. The second-order valence-corrected chi connectivity index (χ2v) is 5.21. The van der Waals surface area contributed by atoms with Crippen LogP contribution in [0.25, 0.3) is 0 Å². The van der Waals surface area contributed by atoms with E-state index < -0.39 is 0 Å². The molecule has 0 aliphatic rings. The first-order valence-corrected chi connectivity index (χ1v) is 7.46. The molecule has 0 spiro atoms. The molecule has 0 saturated carbocycles. The van der Waals surface area contributed by atoms with Gasteiger partial charge in [0.15, 0.2) is 0 Å². The molecule has 3 nitrogen and oxygen atoms in total. The molecule has 4 heteroatoms. The molecule has 2 aromatic rings. The number of aryl methyl sites for hydroxylation is 1. The number of amides is 1. The minimum absolute atomic E-state index is 0.0337. The Morgan fingerprint density at radius 3 is 2.55 bits per heavy atom. The van der Waals surface area contributed by atoms with Gasteiger partial charge in [0.25, 0.3) is 5.91 Å². The second kappa shape index (κ2) is 6.57. The van der Waals surface area contributed by atoms with Gasteiger partial charge in [0, 0.05) is 5.33 Å². The number of benzene rings is 2. The van der Waals surface area contributed by atoms with Crippen molar-refractivity contribution in [1.82, 2.24) is 5.32 Å². The predicted octanol–water partition coefficient (Wildman–Crippen LogP) is 3.57. The topological polar surface area (TPSA) is 49.3 Å². The van der Waals surface area contributed by atoms with E-state index in [-0.39, 0.29) is 17.7 Å². The molecule has 0 bridgehead atoms. The summed E-state index contributed by atoms with van der Waals surface area (Å²) in [6, 6.07) is 14.7. The highest BCUT2D eigenvalue weighted by atomic mass is 79.9. The number of hydrogen-bond donors (Lipinski definition) is 2. The van der Waals surface area contributed by atoms with Gasteiger partial charge in [-0.15, -0.1) is 0 Å². The van der Waals surface area contributed by atoms with Gasteiger partial charge in [-0.1, -0.05) is 58.4 Å². The van der Waals surface area contributed by atoms with Gasteiger partial charge in [-0.05, 0) is 24.1 Å². The molecule has 2 N–H and O–H groups in total. The first kappa shape index (κ1) is 14.6. The molecular formula is C16H16BrNO2. The molecule has 2 rings (SSSR count). The SMILES string of the molecule is Cc1cccc(C(=O)NC(CBr)c2ccccc2)c1O. The molecule has 0 radical (unpaired) electrons. The normalized spacial score (nSPS) is 11.9. The van der Waals surface area contributed by atoms with Gasteiger partial charge >= 0.3 is 0 Å². The zero-order valence-electron chi connectivity index (χ0n) is 11.1. The zero-order valence-corrected chi connectivity index (χ0v) is 12.7. The summed E-state index contributed by atoms with van der Waals surface area (Å²) in [6.45, 7) is 1.77. The fourth-order valence-electron chi connectivity index (χ4n) is 1.97. The highest BCUT2D eigenvalue weighted by molar-refractivity contribution is 9.09. The first-order valence-electron chi connectivity index (χ1n) is 6.34. The number of para-hydroxylation sites is 1. The van der Waals surface area contributed by atoms with E-state index in [4.69, 9.17) is 0 Å². The summed E-state index contributed by atoms with van der Waals surface area (Å²) >= 11 is 3.41. The maximum absolute atomic E-state index is 12.3. The largest absolute Gasteiger partial charge is 0.507 e. The number of carbonyl (C=O) groups is 1. The minimum atomic E-state index is -0.278. The van der Waals surface area contributed by atoms with E-state index >= 15 is 0 Å². The number of halogens is 1. The van der Waals surface area contributed by atoms with Crippen LogP contribution in [0.5, 0.6) is 5.75 Å². The summed E-state index contributed by atoms with van der Waals surface area (Å²) in [5.74, 6) is -0.245. The average Bonchev–Trinajstić information content (AvgIpc) is 2.48. The minimum Gasteiger partial charge on any atom is -0.507 e. The lowest BCUT2D eigenvalue weighted by Crippen LogP contribution is -2.29. The molecule has 2 aromatic carbocycles. The quantitative estimate of drug-likeness (QED) is 0.840. The van der Waals surface area contributed by atoms with Gasteiger partial charge in [-0.3, -0.25) is 4.79 Å². The number of phenolic OH excluding ortho intramolecular Hbond substituents is 1. The molecule has 0 aliphatic heterocycles. The second-order valence-electron chi connectivity index (χ2n) is 4.56. The van der Waals surface area contributed by atoms with Crippen LogP contribution in [0.1, 0.15) is 27.5 Å². The van der Waals surface area contributed by atoms with Gasteiger partial charge in [-0.25, -0.2) is 0 Å². The van der Waals surface area contributed by atoms with E-state index in [2.05, 4.69) is 21.2 Å². The van der Waals surface area contributed by atoms with Crippen molar-refractivity contribution >= 4 is 21.8 Å². The Hall–Kier alpha value is -1.81. The van der Waals surface area contributed by atoms with Crippen molar-refractivity contribution in [2.75, 3.05) is 5.33 Å². The molecule has 1 amide bonds. The molecule has 0 saturated heterocycles. The summed E-state index contributed by atoms with van der Waals surface area (Å²) in [4.78, 5) is 12.3. The summed E-state index contributed by atoms with van der Waals surface area (Å²) in [5, 5.41) is 13.5. The van der Waals surface area contributed by atoms with Crippen LogP contribution in [0.4, 0.5) is 0 Å². The number of hydrogen-bond acceptors (Lipinski definition) is 2. The lowest BCUT2D eigenvalue weighted by Gasteiger charge is -2.17. The predicted molar refractivity (Wildman–Crippen MR) is 83.3 cm³/mol. The van der Waals surface area contributed by atoms with Crippen molar-refractivity contribution in [2.24, 2.45) is 0 Å². The Bertz CT molecular complexity index is 599. The van der Waals surface area contributed by atoms with Gasteiger partial charge in [-0.2, -0.15) is 0 Å².